The molecule has 0 saturated heterocycles. The fourth-order valence-corrected chi connectivity index (χ4v) is 2.87. The van der Waals surface area contributed by atoms with Crippen molar-refractivity contribution >= 4 is 11.8 Å². The Morgan fingerprint density at radius 3 is 2.94 bits per heavy atom. The summed E-state index contributed by atoms with van der Waals surface area (Å²) in [7, 11) is 1.98. The van der Waals surface area contributed by atoms with Crippen LogP contribution in [0.15, 0.2) is 11.5 Å². The Kier molecular flexibility index (Phi) is 4.66. The van der Waals surface area contributed by atoms with Gasteiger partial charge in [-0.1, -0.05) is 31.0 Å². The summed E-state index contributed by atoms with van der Waals surface area (Å²) in [4.78, 5) is 0. The molecule has 0 radical (unpaired) electrons. The summed E-state index contributed by atoms with van der Waals surface area (Å²) in [6.07, 6.45) is 8.67. The van der Waals surface area contributed by atoms with Crippen LogP contribution in [-0.2, 0) is 7.05 Å². The third-order valence-electron chi connectivity index (χ3n) is 3.04. The molecular formula is C11H20N4S. The first-order valence-electron chi connectivity index (χ1n) is 6.06. The number of aromatic nitrogens is 3. The molecular weight excluding hydrogens is 220 g/mol. The van der Waals surface area contributed by atoms with Gasteiger partial charge in [-0.2, -0.15) is 0 Å². The summed E-state index contributed by atoms with van der Waals surface area (Å²) >= 11 is 1.77. The first-order valence-corrected chi connectivity index (χ1v) is 7.05. The van der Waals surface area contributed by atoms with Gasteiger partial charge in [-0.05, 0) is 12.8 Å². The Hall–Kier alpha value is -0.550. The van der Waals surface area contributed by atoms with Crippen molar-refractivity contribution in [3.63, 3.8) is 0 Å². The molecule has 4 nitrogen and oxygen atoms in total. The summed E-state index contributed by atoms with van der Waals surface area (Å²) in [5.74, 6) is 1.07. The van der Waals surface area contributed by atoms with Gasteiger partial charge in [-0.3, -0.25) is 0 Å². The van der Waals surface area contributed by atoms with Crippen LogP contribution in [0, 0.1) is 0 Å². The quantitative estimate of drug-likeness (QED) is 0.630. The van der Waals surface area contributed by atoms with E-state index in [4.69, 9.17) is 0 Å². The fourth-order valence-electron chi connectivity index (χ4n) is 2.12. The minimum atomic E-state index is 0.758. The zero-order chi connectivity index (χ0) is 11.2. The van der Waals surface area contributed by atoms with Crippen LogP contribution in [-0.4, -0.2) is 33.1 Å². The maximum Gasteiger partial charge on any atom is 0.190 e. The number of nitrogens with one attached hydrogen (secondary N) is 1. The number of hydrogen-bond donors (Lipinski definition) is 1. The second kappa shape index (κ2) is 6.25. The van der Waals surface area contributed by atoms with E-state index in [1.54, 1.807) is 18.1 Å². The molecule has 0 aliphatic heterocycles. The van der Waals surface area contributed by atoms with Crippen LogP contribution in [0.25, 0.3) is 0 Å². The third kappa shape index (κ3) is 3.49. The zero-order valence-electron chi connectivity index (χ0n) is 9.85. The van der Waals surface area contributed by atoms with Gasteiger partial charge in [0, 0.05) is 25.4 Å². The summed E-state index contributed by atoms with van der Waals surface area (Å²) in [5, 5.41) is 12.5. The maximum absolute atomic E-state index is 4.05. The number of aryl methyl sites for hydroxylation is 1. The van der Waals surface area contributed by atoms with Gasteiger partial charge in [0.1, 0.15) is 6.33 Å². The maximum atomic E-state index is 4.05. The highest BCUT2D eigenvalue weighted by atomic mass is 32.2. The van der Waals surface area contributed by atoms with E-state index >= 15 is 0 Å². The zero-order valence-corrected chi connectivity index (χ0v) is 10.7. The summed E-state index contributed by atoms with van der Waals surface area (Å²) < 4.78 is 1.96. The van der Waals surface area contributed by atoms with Crippen molar-refractivity contribution in [2.24, 2.45) is 7.05 Å². The minimum absolute atomic E-state index is 0.758. The van der Waals surface area contributed by atoms with Gasteiger partial charge in [0.2, 0.25) is 0 Å². The summed E-state index contributed by atoms with van der Waals surface area (Å²) in [6.45, 7) is 1.07. The molecule has 2 rings (SSSR count). The Morgan fingerprint density at radius 2 is 2.25 bits per heavy atom. The van der Waals surface area contributed by atoms with Crippen LogP contribution >= 0.6 is 11.8 Å². The fraction of sp³-hybridized carbons (Fsp3) is 0.818. The first-order chi connectivity index (χ1) is 7.86. The standard InChI is InChI=1S/C11H20N4S/c1-15-9-13-14-11(15)16-8-7-12-10-5-3-2-4-6-10/h9-10,12H,2-8H2,1H3. The lowest BCUT2D eigenvalue weighted by atomic mass is 9.96. The molecule has 0 amide bonds. The predicted molar refractivity (Wildman–Crippen MR) is 66.6 cm³/mol. The van der Waals surface area contributed by atoms with Crippen molar-refractivity contribution in [1.29, 1.82) is 0 Å². The molecule has 1 heterocycles. The molecule has 90 valence electrons. The molecule has 1 aromatic heterocycles. The smallest absolute Gasteiger partial charge is 0.190 e. The van der Waals surface area contributed by atoms with Crippen molar-refractivity contribution in [2.75, 3.05) is 12.3 Å². The van der Waals surface area contributed by atoms with Crippen LogP contribution in [0.3, 0.4) is 0 Å². The lowest BCUT2D eigenvalue weighted by molar-refractivity contribution is 0.381. The average Bonchev–Trinajstić information content (AvgIpc) is 2.72. The van der Waals surface area contributed by atoms with Crippen LogP contribution in [0.5, 0.6) is 0 Å². The molecule has 0 aromatic carbocycles. The van der Waals surface area contributed by atoms with Gasteiger partial charge in [-0.25, -0.2) is 0 Å². The molecule has 0 spiro atoms. The molecule has 1 fully saturated rings. The van der Waals surface area contributed by atoms with Gasteiger partial charge in [0.25, 0.3) is 0 Å². The summed E-state index contributed by atoms with van der Waals surface area (Å²) in [5.41, 5.74) is 0. The summed E-state index contributed by atoms with van der Waals surface area (Å²) in [6, 6.07) is 0.758. The highest BCUT2D eigenvalue weighted by Gasteiger charge is 2.12. The minimum Gasteiger partial charge on any atom is -0.313 e. The molecule has 5 heteroatoms. The van der Waals surface area contributed by atoms with E-state index in [-0.39, 0.29) is 0 Å². The van der Waals surface area contributed by atoms with Gasteiger partial charge in [0.15, 0.2) is 5.16 Å². The Morgan fingerprint density at radius 1 is 1.44 bits per heavy atom. The van der Waals surface area contributed by atoms with Crippen molar-refractivity contribution in [1.82, 2.24) is 20.1 Å². The molecule has 1 aliphatic rings. The molecule has 1 saturated carbocycles. The van der Waals surface area contributed by atoms with Gasteiger partial charge >= 0.3 is 0 Å². The Balaban J connectivity index is 1.59. The van der Waals surface area contributed by atoms with E-state index in [0.717, 1.165) is 23.5 Å². The Bertz CT molecular complexity index is 307. The number of nitrogens with zero attached hydrogens (tertiary/aromatic N) is 3. The van der Waals surface area contributed by atoms with Crippen molar-refractivity contribution < 1.29 is 0 Å². The lowest BCUT2D eigenvalue weighted by Crippen LogP contribution is -2.32. The van der Waals surface area contributed by atoms with Crippen LogP contribution < -0.4 is 5.32 Å². The normalized spacial score (nSPS) is 17.8. The van der Waals surface area contributed by atoms with Crippen LogP contribution in [0.4, 0.5) is 0 Å². The number of thioether (sulfide) groups is 1. The largest absolute Gasteiger partial charge is 0.313 e. The molecule has 0 atom stereocenters. The van der Waals surface area contributed by atoms with Gasteiger partial charge < -0.3 is 9.88 Å². The van der Waals surface area contributed by atoms with Crippen LogP contribution in [0.2, 0.25) is 0 Å². The molecule has 16 heavy (non-hydrogen) atoms. The first kappa shape index (κ1) is 11.9. The van der Waals surface area contributed by atoms with Crippen molar-refractivity contribution in [3.8, 4) is 0 Å². The predicted octanol–water partition coefficient (Wildman–Crippen LogP) is 1.83. The van der Waals surface area contributed by atoms with E-state index in [1.165, 1.54) is 32.1 Å². The highest BCUT2D eigenvalue weighted by molar-refractivity contribution is 7.99. The second-order valence-corrected chi connectivity index (χ2v) is 5.42. The van der Waals surface area contributed by atoms with Crippen LogP contribution in [0.1, 0.15) is 32.1 Å². The lowest BCUT2D eigenvalue weighted by Gasteiger charge is -2.22. The van der Waals surface area contributed by atoms with Gasteiger partial charge in [-0.15, -0.1) is 10.2 Å². The highest BCUT2D eigenvalue weighted by Crippen LogP contribution is 2.17. The second-order valence-electron chi connectivity index (χ2n) is 4.36. The SMILES string of the molecule is Cn1cnnc1SCCNC1CCCCC1. The van der Waals surface area contributed by atoms with Gasteiger partial charge in [0.05, 0.1) is 0 Å². The molecule has 0 unspecified atom stereocenters. The average molecular weight is 240 g/mol. The Labute approximate surface area is 101 Å². The molecule has 1 aromatic rings. The topological polar surface area (TPSA) is 42.7 Å². The number of rotatable bonds is 5. The molecule has 1 aliphatic carbocycles. The number of hydrogen-bond acceptors (Lipinski definition) is 4. The van der Waals surface area contributed by atoms with E-state index in [2.05, 4.69) is 15.5 Å². The molecule has 1 N–H and O–H groups in total. The third-order valence-corrected chi connectivity index (χ3v) is 4.08. The van der Waals surface area contributed by atoms with Crippen molar-refractivity contribution in [2.45, 2.75) is 43.3 Å². The molecule has 0 bridgehead atoms. The van der Waals surface area contributed by atoms with E-state index in [0.29, 0.717) is 0 Å². The van der Waals surface area contributed by atoms with E-state index in [9.17, 15) is 0 Å². The van der Waals surface area contributed by atoms with E-state index in [1.807, 2.05) is 11.6 Å². The monoisotopic (exact) mass is 240 g/mol. The van der Waals surface area contributed by atoms with E-state index < -0.39 is 0 Å². The van der Waals surface area contributed by atoms with Crippen molar-refractivity contribution in [3.05, 3.63) is 6.33 Å².